The van der Waals surface area contributed by atoms with Gasteiger partial charge in [-0.05, 0) is 24.1 Å². The summed E-state index contributed by atoms with van der Waals surface area (Å²) in [5.41, 5.74) is 0.836. The lowest BCUT2D eigenvalue weighted by atomic mass is 10.1. The molecule has 0 radical (unpaired) electrons. The van der Waals surface area contributed by atoms with Crippen molar-refractivity contribution in [3.8, 4) is 5.75 Å². The van der Waals surface area contributed by atoms with Crippen molar-refractivity contribution in [1.82, 2.24) is 0 Å². The van der Waals surface area contributed by atoms with E-state index in [9.17, 15) is 13.5 Å². The fourth-order valence-electron chi connectivity index (χ4n) is 1.33. The first-order chi connectivity index (χ1) is 7.92. The first-order valence-corrected chi connectivity index (χ1v) is 7.57. The Hall–Kier alpha value is -1.07. The van der Waals surface area contributed by atoms with Crippen molar-refractivity contribution in [2.24, 2.45) is 0 Å². The average molecular weight is 258 g/mol. The first-order valence-electron chi connectivity index (χ1n) is 5.51. The SMILES string of the molecule is CC[C@H](O)c1ccc(OCCS(C)(=O)=O)cc1. The molecule has 0 bridgehead atoms. The predicted octanol–water partition coefficient (Wildman–Crippen LogP) is 1.55. The molecule has 0 fully saturated rings. The Bertz CT molecular complexity index is 436. The van der Waals surface area contributed by atoms with Crippen LogP contribution in [0.4, 0.5) is 0 Å². The molecular weight excluding hydrogens is 240 g/mol. The number of aliphatic hydroxyl groups is 1. The number of aliphatic hydroxyl groups excluding tert-OH is 1. The third-order valence-electron chi connectivity index (χ3n) is 2.37. The van der Waals surface area contributed by atoms with Crippen molar-refractivity contribution in [1.29, 1.82) is 0 Å². The normalized spacial score (nSPS) is 13.4. The topological polar surface area (TPSA) is 63.6 Å². The molecule has 0 aliphatic heterocycles. The van der Waals surface area contributed by atoms with Crippen molar-refractivity contribution >= 4 is 9.84 Å². The van der Waals surface area contributed by atoms with Crippen LogP contribution in [-0.2, 0) is 9.84 Å². The second kappa shape index (κ2) is 6.02. The molecule has 96 valence electrons. The minimum Gasteiger partial charge on any atom is -0.493 e. The largest absolute Gasteiger partial charge is 0.493 e. The van der Waals surface area contributed by atoms with E-state index in [2.05, 4.69) is 0 Å². The van der Waals surface area contributed by atoms with Gasteiger partial charge >= 0.3 is 0 Å². The summed E-state index contributed by atoms with van der Waals surface area (Å²) in [6, 6.07) is 7.03. The van der Waals surface area contributed by atoms with Crippen LogP contribution >= 0.6 is 0 Å². The zero-order valence-electron chi connectivity index (χ0n) is 10.1. The number of ether oxygens (including phenoxy) is 1. The molecule has 0 aliphatic rings. The van der Waals surface area contributed by atoms with Gasteiger partial charge in [-0.1, -0.05) is 19.1 Å². The van der Waals surface area contributed by atoms with Crippen LogP contribution < -0.4 is 4.74 Å². The van der Waals surface area contributed by atoms with E-state index in [1.807, 2.05) is 6.92 Å². The zero-order chi connectivity index (χ0) is 12.9. The maximum absolute atomic E-state index is 10.9. The van der Waals surface area contributed by atoms with Gasteiger partial charge in [-0.3, -0.25) is 0 Å². The number of hydrogen-bond acceptors (Lipinski definition) is 4. The molecular formula is C12H18O4S. The fraction of sp³-hybridized carbons (Fsp3) is 0.500. The van der Waals surface area contributed by atoms with Crippen molar-refractivity contribution < 1.29 is 18.3 Å². The lowest BCUT2D eigenvalue weighted by Crippen LogP contribution is -2.12. The molecule has 1 rings (SSSR count). The van der Waals surface area contributed by atoms with E-state index in [4.69, 9.17) is 4.74 Å². The Morgan fingerprint density at radius 2 is 1.88 bits per heavy atom. The highest BCUT2D eigenvalue weighted by molar-refractivity contribution is 7.90. The fourth-order valence-corrected chi connectivity index (χ4v) is 1.72. The molecule has 1 aromatic rings. The molecule has 1 atom stereocenters. The van der Waals surface area contributed by atoms with Crippen LogP contribution in [0, 0.1) is 0 Å². The Morgan fingerprint density at radius 1 is 1.29 bits per heavy atom. The lowest BCUT2D eigenvalue weighted by molar-refractivity contribution is 0.173. The summed E-state index contributed by atoms with van der Waals surface area (Å²) in [4.78, 5) is 0. The van der Waals surface area contributed by atoms with Crippen molar-refractivity contribution in [3.05, 3.63) is 29.8 Å². The van der Waals surface area contributed by atoms with Gasteiger partial charge < -0.3 is 9.84 Å². The Morgan fingerprint density at radius 3 is 2.35 bits per heavy atom. The van der Waals surface area contributed by atoms with Gasteiger partial charge in [0.05, 0.1) is 11.9 Å². The van der Waals surface area contributed by atoms with E-state index in [0.717, 1.165) is 5.56 Å². The Balaban J connectivity index is 2.51. The summed E-state index contributed by atoms with van der Waals surface area (Å²) in [5, 5.41) is 9.58. The monoisotopic (exact) mass is 258 g/mol. The zero-order valence-corrected chi connectivity index (χ0v) is 10.9. The highest BCUT2D eigenvalue weighted by atomic mass is 32.2. The number of sulfone groups is 1. The van der Waals surface area contributed by atoms with Gasteiger partial charge in [-0.2, -0.15) is 0 Å². The molecule has 0 saturated carbocycles. The number of hydrogen-bond donors (Lipinski definition) is 1. The predicted molar refractivity (Wildman–Crippen MR) is 66.9 cm³/mol. The highest BCUT2D eigenvalue weighted by Gasteiger charge is 2.05. The standard InChI is InChI=1S/C12H18O4S/c1-3-12(13)10-4-6-11(7-5-10)16-8-9-17(2,14)15/h4-7,12-13H,3,8-9H2,1-2H3/t12-/m0/s1. The van der Waals surface area contributed by atoms with Gasteiger partial charge in [0.15, 0.2) is 9.84 Å². The van der Waals surface area contributed by atoms with Gasteiger partial charge in [-0.15, -0.1) is 0 Å². The van der Waals surface area contributed by atoms with E-state index in [1.165, 1.54) is 6.26 Å². The third kappa shape index (κ3) is 5.19. The van der Waals surface area contributed by atoms with Gasteiger partial charge in [0.1, 0.15) is 12.4 Å². The van der Waals surface area contributed by atoms with Crippen LogP contribution in [0.1, 0.15) is 25.0 Å². The van der Waals surface area contributed by atoms with Gasteiger partial charge in [0.25, 0.3) is 0 Å². The molecule has 0 heterocycles. The van der Waals surface area contributed by atoms with Gasteiger partial charge in [0, 0.05) is 6.26 Å². The second-order valence-corrected chi connectivity index (χ2v) is 6.23. The van der Waals surface area contributed by atoms with Crippen LogP contribution in [-0.4, -0.2) is 32.1 Å². The number of benzene rings is 1. The van der Waals surface area contributed by atoms with E-state index in [-0.39, 0.29) is 12.4 Å². The maximum Gasteiger partial charge on any atom is 0.150 e. The Kier molecular flexibility index (Phi) is 4.96. The van der Waals surface area contributed by atoms with Crippen LogP contribution in [0.3, 0.4) is 0 Å². The smallest absolute Gasteiger partial charge is 0.150 e. The summed E-state index contributed by atoms with van der Waals surface area (Å²) in [6.07, 6.45) is 1.38. The van der Waals surface area contributed by atoms with Crippen LogP contribution in [0.5, 0.6) is 5.75 Å². The van der Waals surface area contributed by atoms with E-state index in [0.29, 0.717) is 12.2 Å². The molecule has 1 N–H and O–H groups in total. The minimum absolute atomic E-state index is 0.00629. The van der Waals surface area contributed by atoms with Crippen molar-refractivity contribution in [2.75, 3.05) is 18.6 Å². The Labute approximate surface area is 102 Å². The molecule has 0 aromatic heterocycles. The van der Waals surface area contributed by atoms with Crippen LogP contribution in [0.15, 0.2) is 24.3 Å². The molecule has 1 aromatic carbocycles. The molecule has 0 aliphatic carbocycles. The van der Waals surface area contributed by atoms with Crippen molar-refractivity contribution in [2.45, 2.75) is 19.4 Å². The highest BCUT2D eigenvalue weighted by Crippen LogP contribution is 2.19. The third-order valence-corrected chi connectivity index (χ3v) is 3.28. The van der Waals surface area contributed by atoms with Crippen molar-refractivity contribution in [3.63, 3.8) is 0 Å². The quantitative estimate of drug-likeness (QED) is 0.841. The number of rotatable bonds is 6. The molecule has 5 heteroatoms. The summed E-state index contributed by atoms with van der Waals surface area (Å²) >= 11 is 0. The van der Waals surface area contributed by atoms with Gasteiger partial charge in [-0.25, -0.2) is 8.42 Å². The molecule has 4 nitrogen and oxygen atoms in total. The van der Waals surface area contributed by atoms with Crippen LogP contribution in [0.25, 0.3) is 0 Å². The second-order valence-electron chi connectivity index (χ2n) is 3.97. The summed E-state index contributed by atoms with van der Waals surface area (Å²) in [6.45, 7) is 2.05. The van der Waals surface area contributed by atoms with E-state index in [1.54, 1.807) is 24.3 Å². The summed E-state index contributed by atoms with van der Waals surface area (Å²) in [5.74, 6) is 0.618. The first kappa shape index (κ1) is 14.0. The minimum atomic E-state index is -2.98. The molecule has 17 heavy (non-hydrogen) atoms. The van der Waals surface area contributed by atoms with E-state index >= 15 is 0 Å². The maximum atomic E-state index is 10.9. The average Bonchev–Trinajstić information content (AvgIpc) is 2.27. The molecule has 0 amide bonds. The molecule has 0 unspecified atom stereocenters. The van der Waals surface area contributed by atoms with E-state index < -0.39 is 15.9 Å². The van der Waals surface area contributed by atoms with Crippen LogP contribution in [0.2, 0.25) is 0 Å². The lowest BCUT2D eigenvalue weighted by Gasteiger charge is -2.09. The summed E-state index contributed by atoms with van der Waals surface area (Å²) in [7, 11) is -2.98. The molecule has 0 spiro atoms. The van der Waals surface area contributed by atoms with Gasteiger partial charge in [0.2, 0.25) is 0 Å². The summed E-state index contributed by atoms with van der Waals surface area (Å²) < 4.78 is 27.1. The molecule has 0 saturated heterocycles.